The summed E-state index contributed by atoms with van der Waals surface area (Å²) in [7, 11) is 0. The van der Waals surface area contributed by atoms with E-state index < -0.39 is 23.5 Å². The monoisotopic (exact) mass is 397 g/mol. The number of carboxylic acid groups (broad SMARTS) is 1. The normalized spacial score (nSPS) is 14.4. The van der Waals surface area contributed by atoms with Gasteiger partial charge in [-0.05, 0) is 49.2 Å². The number of carboxylic acids is 1. The maximum Gasteiger partial charge on any atom is 0.338 e. The van der Waals surface area contributed by atoms with Gasteiger partial charge in [0.1, 0.15) is 17.3 Å². The van der Waals surface area contributed by atoms with Gasteiger partial charge in [-0.3, -0.25) is 4.79 Å². The van der Waals surface area contributed by atoms with Gasteiger partial charge in [-0.2, -0.15) is 0 Å². The number of ether oxygens (including phenoxy) is 1. The SMILES string of the molecule is CC(Oc1ccc(C(=O)C2CC2)nc1)c1nnn(-c2ccc(C(=O)O)c(F)c2)n1. The number of aromatic carboxylic acids is 1. The number of hydrogen-bond donors (Lipinski definition) is 1. The minimum atomic E-state index is -1.36. The van der Waals surface area contributed by atoms with Gasteiger partial charge in [0.05, 0.1) is 17.4 Å². The van der Waals surface area contributed by atoms with Crippen molar-refractivity contribution in [3.8, 4) is 11.4 Å². The van der Waals surface area contributed by atoms with Crippen LogP contribution < -0.4 is 4.74 Å². The molecule has 1 unspecified atom stereocenters. The van der Waals surface area contributed by atoms with Crippen molar-refractivity contribution in [2.24, 2.45) is 5.92 Å². The molecule has 3 aromatic rings. The van der Waals surface area contributed by atoms with E-state index in [2.05, 4.69) is 20.4 Å². The summed E-state index contributed by atoms with van der Waals surface area (Å²) in [6.45, 7) is 1.71. The molecular formula is C19H16FN5O4. The Labute approximate surface area is 164 Å². The van der Waals surface area contributed by atoms with E-state index in [-0.39, 0.29) is 23.2 Å². The number of Topliss-reactive ketones (excluding diaryl/α,β-unsaturated/α-hetero) is 1. The second kappa shape index (κ2) is 7.38. The van der Waals surface area contributed by atoms with Crippen LogP contribution in [0.5, 0.6) is 5.75 Å². The lowest BCUT2D eigenvalue weighted by atomic mass is 10.2. The molecule has 1 saturated carbocycles. The first-order valence-corrected chi connectivity index (χ1v) is 8.92. The molecule has 0 radical (unpaired) electrons. The van der Waals surface area contributed by atoms with E-state index in [1.807, 2.05) is 0 Å². The number of pyridine rings is 1. The van der Waals surface area contributed by atoms with Crippen LogP contribution >= 0.6 is 0 Å². The van der Waals surface area contributed by atoms with Crippen LogP contribution in [0.2, 0.25) is 0 Å². The van der Waals surface area contributed by atoms with Crippen molar-refractivity contribution in [3.05, 3.63) is 59.4 Å². The number of rotatable bonds is 7. The molecule has 4 rings (SSSR count). The van der Waals surface area contributed by atoms with E-state index >= 15 is 0 Å². The summed E-state index contributed by atoms with van der Waals surface area (Å²) in [5.41, 5.74) is 0.202. The van der Waals surface area contributed by atoms with Gasteiger partial charge >= 0.3 is 5.97 Å². The van der Waals surface area contributed by atoms with Crippen molar-refractivity contribution >= 4 is 11.8 Å². The number of aromatic nitrogens is 5. The minimum Gasteiger partial charge on any atom is -0.481 e. The van der Waals surface area contributed by atoms with Crippen LogP contribution in [0.3, 0.4) is 0 Å². The van der Waals surface area contributed by atoms with Gasteiger partial charge in [0.15, 0.2) is 11.9 Å². The van der Waals surface area contributed by atoms with Crippen LogP contribution in [0.25, 0.3) is 5.69 Å². The Morgan fingerprint density at radius 1 is 1.28 bits per heavy atom. The molecule has 0 amide bonds. The van der Waals surface area contributed by atoms with Crippen LogP contribution in [-0.4, -0.2) is 42.1 Å². The van der Waals surface area contributed by atoms with E-state index in [0.717, 1.165) is 29.8 Å². The molecular weight excluding hydrogens is 381 g/mol. The highest BCUT2D eigenvalue weighted by atomic mass is 19.1. The zero-order chi connectivity index (χ0) is 20.5. The largest absolute Gasteiger partial charge is 0.481 e. The average Bonchev–Trinajstić information content (AvgIpc) is 3.43. The van der Waals surface area contributed by atoms with Gasteiger partial charge in [-0.15, -0.1) is 15.0 Å². The second-order valence-corrected chi connectivity index (χ2v) is 6.68. The molecule has 148 valence electrons. The summed E-state index contributed by atoms with van der Waals surface area (Å²) >= 11 is 0. The van der Waals surface area contributed by atoms with Crippen LogP contribution in [0.15, 0.2) is 36.5 Å². The molecule has 2 heterocycles. The number of benzene rings is 1. The predicted octanol–water partition coefficient (Wildman–Crippen LogP) is 2.63. The molecule has 1 fully saturated rings. The second-order valence-electron chi connectivity index (χ2n) is 6.68. The number of nitrogens with zero attached hydrogens (tertiary/aromatic N) is 5. The number of carbonyl (C=O) groups excluding carboxylic acids is 1. The fraction of sp³-hybridized carbons (Fsp3) is 0.263. The number of hydrogen-bond acceptors (Lipinski definition) is 7. The summed E-state index contributed by atoms with van der Waals surface area (Å²) in [6.07, 6.45) is 2.72. The Balaban J connectivity index is 1.45. The molecule has 0 saturated heterocycles. The van der Waals surface area contributed by atoms with E-state index in [9.17, 15) is 14.0 Å². The highest BCUT2D eigenvalue weighted by Gasteiger charge is 2.31. The maximum absolute atomic E-state index is 13.9. The summed E-state index contributed by atoms with van der Waals surface area (Å²) in [4.78, 5) is 28.1. The Bertz CT molecular complexity index is 1080. The first-order valence-electron chi connectivity index (χ1n) is 8.92. The number of carbonyl (C=O) groups is 2. The lowest BCUT2D eigenvalue weighted by Gasteiger charge is -2.11. The van der Waals surface area contributed by atoms with Crippen molar-refractivity contribution < 1.29 is 23.8 Å². The third-order valence-electron chi connectivity index (χ3n) is 4.46. The third kappa shape index (κ3) is 3.96. The molecule has 9 nitrogen and oxygen atoms in total. The van der Waals surface area contributed by atoms with Crippen LogP contribution in [0.1, 0.15) is 52.5 Å². The lowest BCUT2D eigenvalue weighted by Crippen LogP contribution is -2.08. The van der Waals surface area contributed by atoms with Gasteiger partial charge in [0, 0.05) is 12.0 Å². The third-order valence-corrected chi connectivity index (χ3v) is 4.46. The Morgan fingerprint density at radius 3 is 2.69 bits per heavy atom. The smallest absolute Gasteiger partial charge is 0.338 e. The number of ketones is 1. The quantitative estimate of drug-likeness (QED) is 0.604. The van der Waals surface area contributed by atoms with Crippen molar-refractivity contribution in [2.45, 2.75) is 25.9 Å². The fourth-order valence-electron chi connectivity index (χ4n) is 2.71. The van der Waals surface area contributed by atoms with Gasteiger partial charge in [-0.25, -0.2) is 14.2 Å². The fourth-order valence-corrected chi connectivity index (χ4v) is 2.71. The van der Waals surface area contributed by atoms with E-state index in [1.165, 1.54) is 12.3 Å². The zero-order valence-electron chi connectivity index (χ0n) is 15.3. The molecule has 1 aliphatic rings. The number of halogens is 1. The Kier molecular flexibility index (Phi) is 4.75. The molecule has 0 aliphatic heterocycles. The molecule has 1 aliphatic carbocycles. The van der Waals surface area contributed by atoms with Crippen molar-refractivity contribution in [1.29, 1.82) is 0 Å². The van der Waals surface area contributed by atoms with Gasteiger partial charge in [-0.1, -0.05) is 0 Å². The molecule has 29 heavy (non-hydrogen) atoms. The highest BCUT2D eigenvalue weighted by Crippen LogP contribution is 2.32. The topological polar surface area (TPSA) is 120 Å². The van der Waals surface area contributed by atoms with Crippen LogP contribution in [0.4, 0.5) is 4.39 Å². The molecule has 1 atom stereocenters. The Hall–Kier alpha value is -3.69. The van der Waals surface area contributed by atoms with Crippen molar-refractivity contribution in [2.75, 3.05) is 0 Å². The molecule has 1 aromatic carbocycles. The first-order chi connectivity index (χ1) is 13.9. The molecule has 2 aromatic heterocycles. The highest BCUT2D eigenvalue weighted by molar-refractivity contribution is 5.97. The minimum absolute atomic E-state index is 0.0513. The summed E-state index contributed by atoms with van der Waals surface area (Å²) in [6, 6.07) is 6.80. The summed E-state index contributed by atoms with van der Waals surface area (Å²) < 4.78 is 19.6. The van der Waals surface area contributed by atoms with Gasteiger partial charge < -0.3 is 9.84 Å². The molecule has 0 bridgehead atoms. The van der Waals surface area contributed by atoms with E-state index in [1.54, 1.807) is 19.1 Å². The van der Waals surface area contributed by atoms with E-state index in [0.29, 0.717) is 11.4 Å². The summed E-state index contributed by atoms with van der Waals surface area (Å²) in [5, 5.41) is 20.8. The van der Waals surface area contributed by atoms with Crippen molar-refractivity contribution in [3.63, 3.8) is 0 Å². The predicted molar refractivity (Wildman–Crippen MR) is 96.4 cm³/mol. The summed E-state index contributed by atoms with van der Waals surface area (Å²) in [5.74, 6) is -1.42. The molecule has 10 heteroatoms. The van der Waals surface area contributed by atoms with Crippen LogP contribution in [-0.2, 0) is 0 Å². The average molecular weight is 397 g/mol. The molecule has 1 N–H and O–H groups in total. The van der Waals surface area contributed by atoms with Gasteiger partial charge in [0.2, 0.25) is 5.82 Å². The number of tetrazole rings is 1. The van der Waals surface area contributed by atoms with E-state index in [4.69, 9.17) is 9.84 Å². The standard InChI is InChI=1S/C19H16FN5O4/c1-10(29-13-5-7-16(21-9-13)17(26)11-2-3-11)18-22-24-25(23-18)12-4-6-14(19(27)28)15(20)8-12/h4-11H,2-3H2,1H3,(H,27,28). The Morgan fingerprint density at radius 2 is 2.07 bits per heavy atom. The van der Waals surface area contributed by atoms with Crippen molar-refractivity contribution in [1.82, 2.24) is 25.2 Å². The maximum atomic E-state index is 13.9. The lowest BCUT2D eigenvalue weighted by molar-refractivity contribution is 0.0691. The molecule has 0 spiro atoms. The van der Waals surface area contributed by atoms with Gasteiger partial charge in [0.25, 0.3) is 0 Å². The first kappa shape index (κ1) is 18.7. The zero-order valence-corrected chi connectivity index (χ0v) is 15.3. The van der Waals surface area contributed by atoms with Crippen LogP contribution in [0, 0.1) is 11.7 Å².